The van der Waals surface area contributed by atoms with Gasteiger partial charge in [-0.15, -0.1) is 0 Å². The summed E-state index contributed by atoms with van der Waals surface area (Å²) in [5.41, 5.74) is 3.03. The van der Waals surface area contributed by atoms with Crippen LogP contribution in [-0.2, 0) is 0 Å². The van der Waals surface area contributed by atoms with E-state index < -0.39 is 0 Å². The van der Waals surface area contributed by atoms with E-state index in [1.807, 2.05) is 11.8 Å². The number of nitrogen functional groups attached to an aromatic ring is 1. The number of hydrogen-bond donors (Lipinski definition) is 2. The molecule has 17 heavy (non-hydrogen) atoms. The van der Waals surface area contributed by atoms with Gasteiger partial charge in [0.15, 0.2) is 0 Å². The van der Waals surface area contributed by atoms with Crippen LogP contribution in [0.3, 0.4) is 0 Å². The highest BCUT2D eigenvalue weighted by Gasteiger charge is 2.13. The first-order chi connectivity index (χ1) is 8.22. The Labute approximate surface area is 102 Å². The molecule has 5 heteroatoms. The molecule has 1 heterocycles. The van der Waals surface area contributed by atoms with Crippen LogP contribution in [0.4, 0.5) is 5.82 Å². The summed E-state index contributed by atoms with van der Waals surface area (Å²) in [7, 11) is 0. The second kappa shape index (κ2) is 6.85. The van der Waals surface area contributed by atoms with E-state index >= 15 is 0 Å². The molecule has 1 aromatic heterocycles. The highest BCUT2D eigenvalue weighted by Crippen LogP contribution is 2.08. The molecule has 1 aromatic rings. The molecule has 0 saturated carbocycles. The number of nitrogens with zero attached hydrogens (tertiary/aromatic N) is 2. The van der Waals surface area contributed by atoms with Crippen LogP contribution in [0, 0.1) is 0 Å². The number of unbranched alkanes of at least 4 members (excludes halogenated alkanes) is 1. The maximum Gasteiger partial charge on any atom is 0.255 e. The molecule has 0 atom stereocenters. The Balaban J connectivity index is 2.71. The summed E-state index contributed by atoms with van der Waals surface area (Å²) in [6, 6.07) is 3.43. The van der Waals surface area contributed by atoms with Gasteiger partial charge in [-0.25, -0.2) is 10.8 Å². The molecule has 0 aliphatic heterocycles. The molecule has 0 aliphatic carbocycles. The lowest BCUT2D eigenvalue weighted by Crippen LogP contribution is -2.31. The fourth-order valence-corrected chi connectivity index (χ4v) is 1.54. The molecule has 0 bridgehead atoms. The van der Waals surface area contributed by atoms with Gasteiger partial charge < -0.3 is 10.3 Å². The Morgan fingerprint density at radius 1 is 1.47 bits per heavy atom. The Morgan fingerprint density at radius 3 is 2.71 bits per heavy atom. The SMILES string of the molecule is CCCCN(CC)C(=O)c1ccc(NN)nc1. The van der Waals surface area contributed by atoms with Gasteiger partial charge in [-0.1, -0.05) is 13.3 Å². The molecule has 0 saturated heterocycles. The van der Waals surface area contributed by atoms with Crippen molar-refractivity contribution in [3.8, 4) is 0 Å². The van der Waals surface area contributed by atoms with E-state index in [4.69, 9.17) is 5.84 Å². The number of anilines is 1. The predicted molar refractivity (Wildman–Crippen MR) is 68.5 cm³/mol. The fourth-order valence-electron chi connectivity index (χ4n) is 1.54. The van der Waals surface area contributed by atoms with Crippen LogP contribution in [0.2, 0.25) is 0 Å². The van der Waals surface area contributed by atoms with Gasteiger partial charge in [-0.2, -0.15) is 0 Å². The minimum atomic E-state index is 0.0250. The van der Waals surface area contributed by atoms with Crippen molar-refractivity contribution >= 4 is 11.7 Å². The molecule has 0 aromatic carbocycles. The summed E-state index contributed by atoms with van der Waals surface area (Å²) in [6.07, 6.45) is 3.65. The Kier molecular flexibility index (Phi) is 5.42. The molecule has 94 valence electrons. The second-order valence-corrected chi connectivity index (χ2v) is 3.81. The van der Waals surface area contributed by atoms with Crippen molar-refractivity contribution in [1.29, 1.82) is 0 Å². The van der Waals surface area contributed by atoms with Crippen molar-refractivity contribution in [2.75, 3.05) is 18.5 Å². The first-order valence-corrected chi connectivity index (χ1v) is 5.94. The molecule has 0 spiro atoms. The molecule has 0 fully saturated rings. The van der Waals surface area contributed by atoms with E-state index in [1.165, 1.54) is 0 Å². The molecular formula is C12H20N4O. The minimum Gasteiger partial charge on any atom is -0.339 e. The molecule has 0 unspecified atom stereocenters. The summed E-state index contributed by atoms with van der Waals surface area (Å²) in [4.78, 5) is 18.0. The van der Waals surface area contributed by atoms with Crippen molar-refractivity contribution in [2.45, 2.75) is 26.7 Å². The average Bonchev–Trinajstić information content (AvgIpc) is 2.39. The number of carbonyl (C=O) groups excluding carboxylic acids is 1. The van der Waals surface area contributed by atoms with Gasteiger partial charge in [-0.05, 0) is 25.5 Å². The molecule has 3 N–H and O–H groups in total. The third-order valence-electron chi connectivity index (χ3n) is 2.61. The Morgan fingerprint density at radius 2 is 2.24 bits per heavy atom. The molecule has 0 aliphatic rings. The zero-order chi connectivity index (χ0) is 12.7. The van der Waals surface area contributed by atoms with Crippen molar-refractivity contribution in [2.24, 2.45) is 5.84 Å². The third kappa shape index (κ3) is 3.71. The van der Waals surface area contributed by atoms with Gasteiger partial charge in [0, 0.05) is 19.3 Å². The van der Waals surface area contributed by atoms with E-state index in [9.17, 15) is 4.79 Å². The Hall–Kier alpha value is -1.62. The van der Waals surface area contributed by atoms with Crippen molar-refractivity contribution in [3.05, 3.63) is 23.9 Å². The van der Waals surface area contributed by atoms with Gasteiger partial charge in [0.25, 0.3) is 5.91 Å². The lowest BCUT2D eigenvalue weighted by atomic mass is 10.2. The minimum absolute atomic E-state index is 0.0250. The van der Waals surface area contributed by atoms with Gasteiger partial charge >= 0.3 is 0 Å². The molecule has 1 rings (SSSR count). The van der Waals surface area contributed by atoms with Crippen molar-refractivity contribution in [1.82, 2.24) is 9.88 Å². The summed E-state index contributed by atoms with van der Waals surface area (Å²) < 4.78 is 0. The predicted octanol–water partition coefficient (Wildman–Crippen LogP) is 1.63. The maximum absolute atomic E-state index is 12.1. The zero-order valence-electron chi connectivity index (χ0n) is 10.4. The monoisotopic (exact) mass is 236 g/mol. The molecule has 1 amide bonds. The van der Waals surface area contributed by atoms with E-state index in [1.54, 1.807) is 18.3 Å². The number of nitrogens with two attached hydrogens (primary N) is 1. The van der Waals surface area contributed by atoms with Gasteiger partial charge in [-0.3, -0.25) is 4.79 Å². The van der Waals surface area contributed by atoms with Crippen LogP contribution in [-0.4, -0.2) is 28.9 Å². The van der Waals surface area contributed by atoms with E-state index in [0.717, 1.165) is 25.9 Å². The van der Waals surface area contributed by atoms with Crippen LogP contribution in [0.1, 0.15) is 37.0 Å². The fraction of sp³-hybridized carbons (Fsp3) is 0.500. The molecule has 0 radical (unpaired) electrons. The standard InChI is InChI=1S/C12H20N4O/c1-3-5-8-16(4-2)12(17)10-6-7-11(15-13)14-9-10/h6-7,9H,3-5,8,13H2,1-2H3,(H,14,15). The number of hydrazine groups is 1. The number of hydrogen-bond acceptors (Lipinski definition) is 4. The quantitative estimate of drug-likeness (QED) is 0.581. The van der Waals surface area contributed by atoms with Gasteiger partial charge in [0.05, 0.1) is 5.56 Å². The van der Waals surface area contributed by atoms with E-state index in [0.29, 0.717) is 11.4 Å². The third-order valence-corrected chi connectivity index (χ3v) is 2.61. The number of nitrogens with one attached hydrogen (secondary N) is 1. The highest BCUT2D eigenvalue weighted by atomic mass is 16.2. The van der Waals surface area contributed by atoms with Crippen LogP contribution >= 0.6 is 0 Å². The largest absolute Gasteiger partial charge is 0.339 e. The molecular weight excluding hydrogens is 216 g/mol. The maximum atomic E-state index is 12.1. The zero-order valence-corrected chi connectivity index (χ0v) is 10.4. The summed E-state index contributed by atoms with van der Waals surface area (Å²) in [5.74, 6) is 5.80. The summed E-state index contributed by atoms with van der Waals surface area (Å²) in [6.45, 7) is 5.61. The second-order valence-electron chi connectivity index (χ2n) is 3.81. The summed E-state index contributed by atoms with van der Waals surface area (Å²) in [5, 5.41) is 0. The normalized spacial score (nSPS) is 10.1. The van der Waals surface area contributed by atoms with E-state index in [-0.39, 0.29) is 5.91 Å². The van der Waals surface area contributed by atoms with Gasteiger partial charge in [0.1, 0.15) is 5.82 Å². The smallest absolute Gasteiger partial charge is 0.255 e. The lowest BCUT2D eigenvalue weighted by Gasteiger charge is -2.20. The average molecular weight is 236 g/mol. The number of carbonyl (C=O) groups is 1. The number of pyridine rings is 1. The van der Waals surface area contributed by atoms with E-state index in [2.05, 4.69) is 17.3 Å². The number of rotatable bonds is 6. The van der Waals surface area contributed by atoms with Crippen LogP contribution in [0.5, 0.6) is 0 Å². The van der Waals surface area contributed by atoms with Crippen LogP contribution < -0.4 is 11.3 Å². The number of amides is 1. The lowest BCUT2D eigenvalue weighted by molar-refractivity contribution is 0.0762. The van der Waals surface area contributed by atoms with Crippen molar-refractivity contribution < 1.29 is 4.79 Å². The topological polar surface area (TPSA) is 71.2 Å². The Bertz CT molecular complexity index is 350. The first-order valence-electron chi connectivity index (χ1n) is 5.94. The molecule has 5 nitrogen and oxygen atoms in total. The van der Waals surface area contributed by atoms with Gasteiger partial charge in [0.2, 0.25) is 0 Å². The first kappa shape index (κ1) is 13.4. The number of aromatic nitrogens is 1. The van der Waals surface area contributed by atoms with Crippen molar-refractivity contribution in [3.63, 3.8) is 0 Å². The summed E-state index contributed by atoms with van der Waals surface area (Å²) >= 11 is 0. The van der Waals surface area contributed by atoms with Crippen LogP contribution in [0.25, 0.3) is 0 Å². The highest BCUT2D eigenvalue weighted by molar-refractivity contribution is 5.94. The van der Waals surface area contributed by atoms with Crippen LogP contribution in [0.15, 0.2) is 18.3 Å².